The summed E-state index contributed by atoms with van der Waals surface area (Å²) >= 11 is 0. The van der Waals surface area contributed by atoms with Crippen molar-refractivity contribution < 1.29 is 23.8 Å². The van der Waals surface area contributed by atoms with E-state index in [1.165, 1.54) is 26.2 Å². The lowest BCUT2D eigenvalue weighted by molar-refractivity contribution is -0.124. The Morgan fingerprint density at radius 3 is 2.79 bits per heavy atom. The molecule has 1 aromatic rings. The molecular weight excluding hydrogens is 188 g/mol. The van der Waals surface area contributed by atoms with Crippen LogP contribution in [0.15, 0.2) is 16.5 Å². The first-order chi connectivity index (χ1) is 6.51. The first kappa shape index (κ1) is 10.5. The summed E-state index contributed by atoms with van der Waals surface area (Å²) in [7, 11) is 1.21. The number of rotatable bonds is 3. The minimum Gasteiger partial charge on any atom is -0.463 e. The van der Waals surface area contributed by atoms with E-state index in [1.54, 1.807) is 0 Å². The molecule has 1 heterocycles. The molecule has 0 spiro atoms. The number of ether oxygens (including phenoxy) is 1. The van der Waals surface area contributed by atoms with E-state index in [9.17, 15) is 14.7 Å². The van der Waals surface area contributed by atoms with E-state index >= 15 is 0 Å². The zero-order valence-electron chi connectivity index (χ0n) is 7.81. The maximum Gasteiger partial charge on any atom is 0.373 e. The zero-order valence-corrected chi connectivity index (χ0v) is 7.81. The average molecular weight is 198 g/mol. The Balaban J connectivity index is 2.99. The van der Waals surface area contributed by atoms with Crippen molar-refractivity contribution in [2.45, 2.75) is 12.5 Å². The van der Waals surface area contributed by atoms with Gasteiger partial charge >= 0.3 is 5.97 Å². The van der Waals surface area contributed by atoms with Crippen LogP contribution in [0.2, 0.25) is 0 Å². The van der Waals surface area contributed by atoms with Gasteiger partial charge in [0.1, 0.15) is 5.76 Å². The molecule has 0 aliphatic carbocycles. The Kier molecular flexibility index (Phi) is 2.71. The SMILES string of the molecule is COC(=O)c1ccc(C(C)(O)C=O)o1. The van der Waals surface area contributed by atoms with Gasteiger partial charge < -0.3 is 14.3 Å². The molecule has 76 valence electrons. The highest BCUT2D eigenvalue weighted by Gasteiger charge is 2.27. The molecule has 1 atom stereocenters. The minimum absolute atomic E-state index is 0.00731. The molecule has 0 fully saturated rings. The first-order valence-corrected chi connectivity index (χ1v) is 3.88. The van der Waals surface area contributed by atoms with Crippen molar-refractivity contribution in [1.29, 1.82) is 0 Å². The van der Waals surface area contributed by atoms with Gasteiger partial charge in [-0.25, -0.2) is 4.79 Å². The van der Waals surface area contributed by atoms with Crippen LogP contribution in [0.4, 0.5) is 0 Å². The predicted molar refractivity (Wildman–Crippen MR) is 45.7 cm³/mol. The van der Waals surface area contributed by atoms with Crippen LogP contribution in [0.3, 0.4) is 0 Å². The number of hydrogen-bond donors (Lipinski definition) is 1. The maximum absolute atomic E-state index is 11.0. The zero-order chi connectivity index (χ0) is 10.8. The van der Waals surface area contributed by atoms with Crippen molar-refractivity contribution in [3.63, 3.8) is 0 Å². The summed E-state index contributed by atoms with van der Waals surface area (Å²) in [5, 5.41) is 9.45. The highest BCUT2D eigenvalue weighted by atomic mass is 16.5. The van der Waals surface area contributed by atoms with Gasteiger partial charge in [-0.1, -0.05) is 0 Å². The van der Waals surface area contributed by atoms with Gasteiger partial charge in [0.25, 0.3) is 0 Å². The lowest BCUT2D eigenvalue weighted by atomic mass is 10.1. The first-order valence-electron chi connectivity index (χ1n) is 3.88. The lowest BCUT2D eigenvalue weighted by Gasteiger charge is -2.10. The van der Waals surface area contributed by atoms with Crippen LogP contribution >= 0.6 is 0 Å². The third-order valence-corrected chi connectivity index (χ3v) is 1.72. The molecule has 0 aliphatic heterocycles. The summed E-state index contributed by atoms with van der Waals surface area (Å²) in [4.78, 5) is 21.4. The van der Waals surface area contributed by atoms with E-state index in [0.717, 1.165) is 0 Å². The Hall–Kier alpha value is -1.62. The Morgan fingerprint density at radius 2 is 2.29 bits per heavy atom. The van der Waals surface area contributed by atoms with Gasteiger partial charge in [0.05, 0.1) is 7.11 Å². The van der Waals surface area contributed by atoms with Crippen LogP contribution in [0.1, 0.15) is 23.2 Å². The molecule has 5 nitrogen and oxygen atoms in total. The molecule has 1 N–H and O–H groups in total. The fraction of sp³-hybridized carbons (Fsp3) is 0.333. The number of aldehydes is 1. The Labute approximate surface area is 80.3 Å². The number of esters is 1. The molecule has 0 aliphatic rings. The average Bonchev–Trinajstić information content (AvgIpc) is 2.66. The fourth-order valence-electron chi connectivity index (χ4n) is 0.878. The predicted octanol–water partition coefficient (Wildman–Crippen LogP) is 0.473. The minimum atomic E-state index is -1.72. The second-order valence-corrected chi connectivity index (χ2v) is 2.92. The van der Waals surface area contributed by atoms with E-state index in [4.69, 9.17) is 4.42 Å². The van der Waals surface area contributed by atoms with Crippen molar-refractivity contribution >= 4 is 12.3 Å². The smallest absolute Gasteiger partial charge is 0.373 e. The van der Waals surface area contributed by atoms with Gasteiger partial charge in [-0.15, -0.1) is 0 Å². The molecule has 1 aromatic heterocycles. The van der Waals surface area contributed by atoms with Gasteiger partial charge in [0.15, 0.2) is 11.9 Å². The van der Waals surface area contributed by atoms with E-state index in [0.29, 0.717) is 6.29 Å². The van der Waals surface area contributed by atoms with Crippen molar-refractivity contribution in [3.8, 4) is 0 Å². The molecule has 0 aromatic carbocycles. The summed E-state index contributed by atoms with van der Waals surface area (Å²) in [5.74, 6) is -0.699. The molecule has 0 bridgehead atoms. The van der Waals surface area contributed by atoms with Crippen molar-refractivity contribution in [2.75, 3.05) is 7.11 Å². The molecule has 0 saturated heterocycles. The van der Waals surface area contributed by atoms with E-state index < -0.39 is 11.6 Å². The molecule has 0 amide bonds. The topological polar surface area (TPSA) is 76.7 Å². The summed E-state index contributed by atoms with van der Waals surface area (Å²) in [5.41, 5.74) is -1.72. The lowest BCUT2D eigenvalue weighted by Crippen LogP contribution is -2.21. The summed E-state index contributed by atoms with van der Waals surface area (Å²) in [6.07, 6.45) is 0.326. The van der Waals surface area contributed by atoms with Crippen LogP contribution < -0.4 is 0 Å². The molecule has 14 heavy (non-hydrogen) atoms. The van der Waals surface area contributed by atoms with E-state index in [2.05, 4.69) is 4.74 Å². The summed E-state index contributed by atoms with van der Waals surface area (Å²) < 4.78 is 9.33. The van der Waals surface area contributed by atoms with Crippen LogP contribution in [-0.2, 0) is 15.1 Å². The van der Waals surface area contributed by atoms with Crippen LogP contribution in [0.5, 0.6) is 0 Å². The van der Waals surface area contributed by atoms with Crippen LogP contribution in [0, 0.1) is 0 Å². The van der Waals surface area contributed by atoms with Crippen molar-refractivity contribution in [1.82, 2.24) is 0 Å². The highest BCUT2D eigenvalue weighted by Crippen LogP contribution is 2.20. The third kappa shape index (κ3) is 1.82. The van der Waals surface area contributed by atoms with Gasteiger partial charge in [0, 0.05) is 0 Å². The molecule has 5 heteroatoms. The molecule has 1 unspecified atom stereocenters. The van der Waals surface area contributed by atoms with Gasteiger partial charge in [-0.3, -0.25) is 4.79 Å². The number of methoxy groups -OCH3 is 1. The highest BCUT2D eigenvalue weighted by molar-refractivity contribution is 5.86. The van der Waals surface area contributed by atoms with Gasteiger partial charge in [0.2, 0.25) is 5.76 Å². The third-order valence-electron chi connectivity index (χ3n) is 1.72. The van der Waals surface area contributed by atoms with Gasteiger partial charge in [-0.2, -0.15) is 0 Å². The number of carbonyl (C=O) groups is 2. The van der Waals surface area contributed by atoms with Gasteiger partial charge in [-0.05, 0) is 19.1 Å². The summed E-state index contributed by atoms with van der Waals surface area (Å²) in [6, 6.07) is 2.68. The molecule has 0 radical (unpaired) electrons. The number of aliphatic hydroxyl groups is 1. The monoisotopic (exact) mass is 198 g/mol. The van der Waals surface area contributed by atoms with E-state index in [-0.39, 0.29) is 11.5 Å². The maximum atomic E-state index is 11.0. The number of furan rings is 1. The van der Waals surface area contributed by atoms with Crippen molar-refractivity contribution in [2.24, 2.45) is 0 Å². The van der Waals surface area contributed by atoms with Crippen LogP contribution in [-0.4, -0.2) is 24.5 Å². The quantitative estimate of drug-likeness (QED) is 0.564. The summed E-state index contributed by atoms with van der Waals surface area (Å²) in [6.45, 7) is 1.26. The van der Waals surface area contributed by atoms with Crippen LogP contribution in [0.25, 0.3) is 0 Å². The Bertz CT molecular complexity index is 350. The molecular formula is C9H10O5. The number of hydrogen-bond acceptors (Lipinski definition) is 5. The normalized spacial score (nSPS) is 14.5. The Morgan fingerprint density at radius 1 is 1.64 bits per heavy atom. The second-order valence-electron chi connectivity index (χ2n) is 2.92. The largest absolute Gasteiger partial charge is 0.463 e. The molecule has 1 rings (SSSR count). The standard InChI is InChI=1S/C9H10O5/c1-9(12,5-10)7-4-3-6(14-7)8(11)13-2/h3-5,12H,1-2H3. The van der Waals surface area contributed by atoms with E-state index in [1.807, 2.05) is 0 Å². The molecule has 0 saturated carbocycles. The second kappa shape index (κ2) is 3.63. The fourth-order valence-corrected chi connectivity index (χ4v) is 0.878. The number of carbonyl (C=O) groups excluding carboxylic acids is 2. The van der Waals surface area contributed by atoms with Crippen molar-refractivity contribution in [3.05, 3.63) is 23.7 Å².